The van der Waals surface area contributed by atoms with Crippen molar-refractivity contribution in [3.05, 3.63) is 31.9 Å². The van der Waals surface area contributed by atoms with Crippen molar-refractivity contribution in [1.82, 2.24) is 5.32 Å². The molecule has 6 heteroatoms. The Hall–Kier alpha value is -0.890. The minimum absolute atomic E-state index is 0.144. The number of nitro groups is 1. The predicted molar refractivity (Wildman–Crippen MR) is 75.3 cm³/mol. The smallest absolute Gasteiger partial charge is 0.270 e. The monoisotopic (exact) mass is 347 g/mol. The first-order valence-electron chi connectivity index (χ1n) is 5.58. The fraction of sp³-hybridized carbons (Fsp3) is 0.455. The zero-order chi connectivity index (χ0) is 12.3. The van der Waals surface area contributed by atoms with Crippen LogP contribution in [0.4, 0.5) is 11.4 Å². The first-order valence-corrected chi connectivity index (χ1v) is 6.66. The van der Waals surface area contributed by atoms with Gasteiger partial charge < -0.3 is 10.6 Å². The number of benzene rings is 1. The molecule has 0 amide bonds. The number of non-ortho nitro benzene ring substituents is 1. The van der Waals surface area contributed by atoms with Crippen molar-refractivity contribution >= 4 is 34.0 Å². The van der Waals surface area contributed by atoms with Crippen molar-refractivity contribution in [2.45, 2.75) is 18.9 Å². The first-order chi connectivity index (χ1) is 8.16. The number of anilines is 1. The van der Waals surface area contributed by atoms with E-state index in [1.165, 1.54) is 0 Å². The van der Waals surface area contributed by atoms with Crippen LogP contribution in [-0.4, -0.2) is 24.1 Å². The lowest BCUT2D eigenvalue weighted by molar-refractivity contribution is -0.384. The molecule has 17 heavy (non-hydrogen) atoms. The number of piperidine rings is 1. The zero-order valence-electron chi connectivity index (χ0n) is 9.28. The average Bonchev–Trinajstić information content (AvgIpc) is 2.33. The molecular weight excluding hydrogens is 333 g/mol. The fourth-order valence-electron chi connectivity index (χ4n) is 1.92. The molecule has 1 aromatic rings. The first kappa shape index (κ1) is 12.6. The lowest BCUT2D eigenvalue weighted by atomic mass is 10.1. The van der Waals surface area contributed by atoms with Crippen LogP contribution in [0.15, 0.2) is 18.2 Å². The van der Waals surface area contributed by atoms with Gasteiger partial charge in [0.15, 0.2) is 0 Å². The molecule has 5 nitrogen and oxygen atoms in total. The molecule has 1 aliphatic rings. The number of rotatable bonds is 3. The van der Waals surface area contributed by atoms with E-state index in [2.05, 4.69) is 33.2 Å². The van der Waals surface area contributed by atoms with E-state index in [-0.39, 0.29) is 10.6 Å². The lowest BCUT2D eigenvalue weighted by Crippen LogP contribution is -2.35. The van der Waals surface area contributed by atoms with Crippen molar-refractivity contribution in [3.63, 3.8) is 0 Å². The van der Waals surface area contributed by atoms with Gasteiger partial charge in [0.25, 0.3) is 5.69 Å². The van der Waals surface area contributed by atoms with Crippen molar-refractivity contribution in [2.24, 2.45) is 0 Å². The third-order valence-electron chi connectivity index (χ3n) is 2.86. The van der Waals surface area contributed by atoms with Crippen LogP contribution in [0.25, 0.3) is 0 Å². The average molecular weight is 347 g/mol. The van der Waals surface area contributed by atoms with Crippen LogP contribution in [0.5, 0.6) is 0 Å². The van der Waals surface area contributed by atoms with Gasteiger partial charge in [-0.3, -0.25) is 10.1 Å². The van der Waals surface area contributed by atoms with Gasteiger partial charge in [-0.1, -0.05) is 0 Å². The van der Waals surface area contributed by atoms with Gasteiger partial charge >= 0.3 is 0 Å². The Morgan fingerprint density at radius 1 is 1.41 bits per heavy atom. The summed E-state index contributed by atoms with van der Waals surface area (Å²) in [5.41, 5.74) is 1.13. The largest absolute Gasteiger partial charge is 0.381 e. The number of hydrogen-bond acceptors (Lipinski definition) is 4. The highest BCUT2D eigenvalue weighted by Crippen LogP contribution is 2.25. The topological polar surface area (TPSA) is 67.2 Å². The zero-order valence-corrected chi connectivity index (χ0v) is 11.4. The van der Waals surface area contributed by atoms with Gasteiger partial charge in [-0.2, -0.15) is 0 Å². The molecular formula is C11H14IN3O2. The standard InChI is InChI=1S/C11H14IN3O2/c12-10-7-9(15(16)17)1-2-11(10)14-8-3-5-13-6-4-8/h1-2,7-8,13-14H,3-6H2. The molecule has 0 saturated carbocycles. The summed E-state index contributed by atoms with van der Waals surface area (Å²) < 4.78 is 0.898. The van der Waals surface area contributed by atoms with Gasteiger partial charge in [0.1, 0.15) is 0 Å². The van der Waals surface area contributed by atoms with Crippen molar-refractivity contribution < 1.29 is 4.92 Å². The van der Waals surface area contributed by atoms with Gasteiger partial charge in [0.05, 0.1) is 4.92 Å². The van der Waals surface area contributed by atoms with Gasteiger partial charge in [-0.05, 0) is 54.6 Å². The maximum absolute atomic E-state index is 10.6. The SMILES string of the molecule is O=[N+]([O-])c1ccc(NC2CCNCC2)c(I)c1. The highest BCUT2D eigenvalue weighted by atomic mass is 127. The molecule has 1 heterocycles. The fourth-order valence-corrected chi connectivity index (χ4v) is 2.58. The summed E-state index contributed by atoms with van der Waals surface area (Å²) in [6.07, 6.45) is 2.18. The third-order valence-corrected chi connectivity index (χ3v) is 3.75. The van der Waals surface area contributed by atoms with Crippen molar-refractivity contribution in [2.75, 3.05) is 18.4 Å². The van der Waals surface area contributed by atoms with E-state index in [1.807, 2.05) is 0 Å². The van der Waals surface area contributed by atoms with E-state index in [4.69, 9.17) is 0 Å². The molecule has 1 fully saturated rings. The Bertz CT molecular complexity index is 419. The normalized spacial score (nSPS) is 16.8. The molecule has 1 aromatic carbocycles. The summed E-state index contributed by atoms with van der Waals surface area (Å²) in [5.74, 6) is 0. The third kappa shape index (κ3) is 3.29. The second-order valence-electron chi connectivity index (χ2n) is 4.09. The summed E-state index contributed by atoms with van der Waals surface area (Å²) >= 11 is 2.13. The molecule has 92 valence electrons. The van der Waals surface area contributed by atoms with Crippen LogP contribution < -0.4 is 10.6 Å². The number of hydrogen-bond donors (Lipinski definition) is 2. The van der Waals surface area contributed by atoms with Gasteiger partial charge in [0, 0.05) is 27.4 Å². The minimum Gasteiger partial charge on any atom is -0.381 e. The van der Waals surface area contributed by atoms with Crippen LogP contribution in [-0.2, 0) is 0 Å². The predicted octanol–water partition coefficient (Wildman–Crippen LogP) is 2.36. The Kier molecular flexibility index (Phi) is 4.16. The van der Waals surface area contributed by atoms with E-state index in [0.29, 0.717) is 6.04 Å². The molecule has 0 aliphatic carbocycles. The molecule has 0 unspecified atom stereocenters. The summed E-state index contributed by atoms with van der Waals surface area (Å²) in [6, 6.07) is 5.41. The van der Waals surface area contributed by atoms with Crippen LogP contribution in [0.1, 0.15) is 12.8 Å². The Balaban J connectivity index is 2.08. The number of nitrogens with one attached hydrogen (secondary N) is 2. The quantitative estimate of drug-likeness (QED) is 0.501. The summed E-state index contributed by atoms with van der Waals surface area (Å²) in [4.78, 5) is 10.3. The molecule has 0 radical (unpaired) electrons. The lowest BCUT2D eigenvalue weighted by Gasteiger charge is -2.25. The highest BCUT2D eigenvalue weighted by Gasteiger charge is 2.15. The molecule has 0 atom stereocenters. The second kappa shape index (κ2) is 5.63. The molecule has 0 bridgehead atoms. The van der Waals surface area contributed by atoms with E-state index >= 15 is 0 Å². The Morgan fingerprint density at radius 2 is 2.12 bits per heavy atom. The maximum Gasteiger partial charge on any atom is 0.270 e. The summed E-state index contributed by atoms with van der Waals surface area (Å²) in [5, 5.41) is 17.4. The van der Waals surface area contributed by atoms with E-state index in [0.717, 1.165) is 35.2 Å². The second-order valence-corrected chi connectivity index (χ2v) is 5.25. The molecule has 2 rings (SSSR count). The van der Waals surface area contributed by atoms with Gasteiger partial charge in [-0.25, -0.2) is 0 Å². The molecule has 1 saturated heterocycles. The van der Waals surface area contributed by atoms with Crippen LogP contribution in [0, 0.1) is 13.7 Å². The van der Waals surface area contributed by atoms with Crippen molar-refractivity contribution in [1.29, 1.82) is 0 Å². The summed E-state index contributed by atoms with van der Waals surface area (Å²) in [7, 11) is 0. The Labute approximate surface area is 113 Å². The van der Waals surface area contributed by atoms with Crippen LogP contribution >= 0.6 is 22.6 Å². The van der Waals surface area contributed by atoms with E-state index in [9.17, 15) is 10.1 Å². The number of nitro benzene ring substituents is 1. The summed E-state index contributed by atoms with van der Waals surface area (Å²) in [6.45, 7) is 2.06. The van der Waals surface area contributed by atoms with Gasteiger partial charge in [0.2, 0.25) is 0 Å². The Morgan fingerprint density at radius 3 is 2.71 bits per heavy atom. The highest BCUT2D eigenvalue weighted by molar-refractivity contribution is 14.1. The van der Waals surface area contributed by atoms with Crippen LogP contribution in [0.3, 0.4) is 0 Å². The van der Waals surface area contributed by atoms with E-state index in [1.54, 1.807) is 18.2 Å². The van der Waals surface area contributed by atoms with Gasteiger partial charge in [-0.15, -0.1) is 0 Å². The molecule has 0 aromatic heterocycles. The minimum atomic E-state index is -0.365. The maximum atomic E-state index is 10.6. The molecule has 2 N–H and O–H groups in total. The molecule has 0 spiro atoms. The number of halogens is 1. The van der Waals surface area contributed by atoms with Crippen molar-refractivity contribution in [3.8, 4) is 0 Å². The molecule has 1 aliphatic heterocycles. The number of nitrogens with zero attached hydrogens (tertiary/aromatic N) is 1. The van der Waals surface area contributed by atoms with E-state index < -0.39 is 0 Å². The van der Waals surface area contributed by atoms with Crippen LogP contribution in [0.2, 0.25) is 0 Å².